The van der Waals surface area contributed by atoms with Gasteiger partial charge in [-0.25, -0.2) is 4.98 Å². The van der Waals surface area contributed by atoms with Crippen molar-refractivity contribution in [1.29, 1.82) is 0 Å². The van der Waals surface area contributed by atoms with Crippen LogP contribution >= 0.6 is 11.6 Å². The van der Waals surface area contributed by atoms with E-state index in [2.05, 4.69) is 10.3 Å². The van der Waals surface area contributed by atoms with Gasteiger partial charge in [0.1, 0.15) is 11.0 Å². The summed E-state index contributed by atoms with van der Waals surface area (Å²) in [6.07, 6.45) is 0.917. The normalized spacial score (nSPS) is 10.7. The van der Waals surface area contributed by atoms with Gasteiger partial charge in [-0.2, -0.15) is 0 Å². The number of nitrogens with zero attached hydrogens (tertiary/aromatic N) is 2. The molecule has 0 amide bonds. The molecule has 1 aromatic heterocycles. The molecule has 0 spiro atoms. The van der Waals surface area contributed by atoms with E-state index in [4.69, 9.17) is 11.6 Å². The van der Waals surface area contributed by atoms with Crippen LogP contribution in [0.5, 0.6) is 0 Å². The van der Waals surface area contributed by atoms with Crippen molar-refractivity contribution in [3.63, 3.8) is 0 Å². The molecule has 0 saturated carbocycles. The van der Waals surface area contributed by atoms with E-state index in [0.717, 1.165) is 24.5 Å². The van der Waals surface area contributed by atoms with Crippen LogP contribution in [0.3, 0.4) is 0 Å². The number of imidazole rings is 1. The molecular weight excluding hydrogens is 174 g/mol. The highest BCUT2D eigenvalue weighted by molar-refractivity contribution is 6.30. The van der Waals surface area contributed by atoms with Crippen molar-refractivity contribution >= 4 is 11.6 Å². The second-order valence-electron chi connectivity index (χ2n) is 2.82. The summed E-state index contributed by atoms with van der Waals surface area (Å²) in [7, 11) is 3.91. The minimum absolute atomic E-state index is 0.614. The predicted molar refractivity (Wildman–Crippen MR) is 50.6 cm³/mol. The van der Waals surface area contributed by atoms with E-state index >= 15 is 0 Å². The molecule has 1 rings (SSSR count). The highest BCUT2D eigenvalue weighted by atomic mass is 35.5. The first-order valence-corrected chi connectivity index (χ1v) is 4.37. The minimum Gasteiger partial charge on any atom is -0.334 e. The quantitative estimate of drug-likeness (QED) is 0.770. The summed E-state index contributed by atoms with van der Waals surface area (Å²) in [6.45, 7) is 2.90. The summed E-state index contributed by atoms with van der Waals surface area (Å²) in [4.78, 5) is 4.24. The van der Waals surface area contributed by atoms with E-state index in [9.17, 15) is 0 Å². The smallest absolute Gasteiger partial charge is 0.150 e. The third kappa shape index (κ3) is 1.79. The van der Waals surface area contributed by atoms with Gasteiger partial charge in [-0.3, -0.25) is 0 Å². The number of likely N-dealkylation sites (N-methyl/N-ethyl adjacent to an activating group) is 1. The summed E-state index contributed by atoms with van der Waals surface area (Å²) < 4.78 is 2.03. The van der Waals surface area contributed by atoms with Crippen LogP contribution in [-0.4, -0.2) is 23.1 Å². The Hall–Kier alpha value is -0.540. The Bertz CT molecular complexity index is 268. The maximum absolute atomic E-state index is 5.86. The fourth-order valence-electron chi connectivity index (χ4n) is 1.06. The van der Waals surface area contributed by atoms with Crippen molar-refractivity contribution in [1.82, 2.24) is 14.9 Å². The average Bonchev–Trinajstić information content (AvgIpc) is 2.30. The molecule has 0 aromatic carbocycles. The van der Waals surface area contributed by atoms with Gasteiger partial charge in [0.2, 0.25) is 0 Å². The standard InChI is InChI=1S/C8H14ClN3/c1-6-8(9)11-7(12(6)3)4-5-10-2/h10H,4-5H2,1-3H3. The van der Waals surface area contributed by atoms with Gasteiger partial charge >= 0.3 is 0 Å². The van der Waals surface area contributed by atoms with Crippen LogP contribution in [0.15, 0.2) is 0 Å². The Morgan fingerprint density at radius 1 is 1.58 bits per heavy atom. The molecule has 0 saturated heterocycles. The number of nitrogens with one attached hydrogen (secondary N) is 1. The molecule has 0 aliphatic heterocycles. The van der Waals surface area contributed by atoms with Crippen molar-refractivity contribution < 1.29 is 0 Å². The van der Waals surface area contributed by atoms with E-state index < -0.39 is 0 Å². The van der Waals surface area contributed by atoms with Crippen LogP contribution in [0.1, 0.15) is 11.5 Å². The summed E-state index contributed by atoms with van der Waals surface area (Å²) in [5, 5.41) is 3.69. The molecule has 4 heteroatoms. The first-order chi connectivity index (χ1) is 5.66. The van der Waals surface area contributed by atoms with E-state index in [1.54, 1.807) is 0 Å². The zero-order chi connectivity index (χ0) is 9.14. The van der Waals surface area contributed by atoms with E-state index in [-0.39, 0.29) is 0 Å². The zero-order valence-electron chi connectivity index (χ0n) is 7.69. The maximum atomic E-state index is 5.86. The number of halogens is 1. The number of aromatic nitrogens is 2. The van der Waals surface area contributed by atoms with Crippen LogP contribution < -0.4 is 5.32 Å². The first-order valence-electron chi connectivity index (χ1n) is 3.99. The Labute approximate surface area is 77.7 Å². The van der Waals surface area contributed by atoms with E-state index in [0.29, 0.717) is 5.15 Å². The SMILES string of the molecule is CNCCc1nc(Cl)c(C)n1C. The molecule has 1 heterocycles. The Morgan fingerprint density at radius 2 is 2.25 bits per heavy atom. The van der Waals surface area contributed by atoms with Crippen LogP contribution in [0.4, 0.5) is 0 Å². The van der Waals surface area contributed by atoms with Crippen LogP contribution in [0.2, 0.25) is 5.15 Å². The Morgan fingerprint density at radius 3 is 2.67 bits per heavy atom. The molecule has 12 heavy (non-hydrogen) atoms. The molecular formula is C8H14ClN3. The Balaban J connectivity index is 2.79. The van der Waals surface area contributed by atoms with Crippen molar-refractivity contribution in [2.24, 2.45) is 7.05 Å². The lowest BCUT2D eigenvalue weighted by Gasteiger charge is -2.01. The first kappa shape index (κ1) is 9.55. The lowest BCUT2D eigenvalue weighted by atomic mass is 10.4. The highest BCUT2D eigenvalue weighted by Crippen LogP contribution is 2.14. The maximum Gasteiger partial charge on any atom is 0.150 e. The third-order valence-electron chi connectivity index (χ3n) is 2.01. The molecule has 3 nitrogen and oxygen atoms in total. The summed E-state index contributed by atoms with van der Waals surface area (Å²) >= 11 is 5.86. The van der Waals surface area contributed by atoms with Crippen molar-refractivity contribution in [2.75, 3.05) is 13.6 Å². The summed E-state index contributed by atoms with van der Waals surface area (Å²) in [5.74, 6) is 1.03. The van der Waals surface area contributed by atoms with Crippen molar-refractivity contribution in [2.45, 2.75) is 13.3 Å². The molecule has 0 radical (unpaired) electrons. The largest absolute Gasteiger partial charge is 0.334 e. The number of hydrogen-bond acceptors (Lipinski definition) is 2. The lowest BCUT2D eigenvalue weighted by molar-refractivity contribution is 0.710. The predicted octanol–water partition coefficient (Wildman–Crippen LogP) is 1.14. The Kier molecular flexibility index (Phi) is 3.12. The molecule has 0 bridgehead atoms. The topological polar surface area (TPSA) is 29.9 Å². The second-order valence-corrected chi connectivity index (χ2v) is 3.17. The van der Waals surface area contributed by atoms with Gasteiger partial charge in [0.25, 0.3) is 0 Å². The van der Waals surface area contributed by atoms with Crippen LogP contribution in [0.25, 0.3) is 0 Å². The number of hydrogen-bond donors (Lipinski definition) is 1. The monoisotopic (exact) mass is 187 g/mol. The number of rotatable bonds is 3. The molecule has 0 fully saturated rings. The van der Waals surface area contributed by atoms with Gasteiger partial charge in [-0.15, -0.1) is 0 Å². The lowest BCUT2D eigenvalue weighted by Crippen LogP contribution is -2.13. The molecule has 68 valence electrons. The molecule has 0 atom stereocenters. The van der Waals surface area contributed by atoms with Gasteiger partial charge in [-0.05, 0) is 14.0 Å². The molecule has 1 N–H and O–H groups in total. The van der Waals surface area contributed by atoms with Gasteiger partial charge < -0.3 is 9.88 Å². The fourth-order valence-corrected chi connectivity index (χ4v) is 1.29. The average molecular weight is 188 g/mol. The van der Waals surface area contributed by atoms with Gasteiger partial charge in [0, 0.05) is 20.0 Å². The van der Waals surface area contributed by atoms with Crippen molar-refractivity contribution in [3.05, 3.63) is 16.7 Å². The molecule has 1 aromatic rings. The zero-order valence-corrected chi connectivity index (χ0v) is 8.44. The minimum atomic E-state index is 0.614. The van der Waals surface area contributed by atoms with Crippen LogP contribution in [0, 0.1) is 6.92 Å². The highest BCUT2D eigenvalue weighted by Gasteiger charge is 2.07. The van der Waals surface area contributed by atoms with Gasteiger partial charge in [-0.1, -0.05) is 11.6 Å². The van der Waals surface area contributed by atoms with Gasteiger partial charge in [0.15, 0.2) is 0 Å². The van der Waals surface area contributed by atoms with Crippen molar-refractivity contribution in [3.8, 4) is 0 Å². The van der Waals surface area contributed by atoms with Crippen LogP contribution in [-0.2, 0) is 13.5 Å². The van der Waals surface area contributed by atoms with Gasteiger partial charge in [0.05, 0.1) is 5.69 Å². The molecule has 0 unspecified atom stereocenters. The second kappa shape index (κ2) is 3.92. The fraction of sp³-hybridized carbons (Fsp3) is 0.625. The summed E-state index contributed by atoms with van der Waals surface area (Å²) in [6, 6.07) is 0. The van der Waals surface area contributed by atoms with E-state index in [1.807, 2.05) is 25.6 Å². The molecule has 0 aliphatic rings. The van der Waals surface area contributed by atoms with E-state index in [1.165, 1.54) is 0 Å². The summed E-state index contributed by atoms with van der Waals surface area (Å²) in [5.41, 5.74) is 1.03. The third-order valence-corrected chi connectivity index (χ3v) is 2.37. The molecule has 0 aliphatic carbocycles.